The summed E-state index contributed by atoms with van der Waals surface area (Å²) in [5.74, 6) is -0.970. The molecular weight excluding hydrogens is 389 g/mol. The topological polar surface area (TPSA) is 78.5 Å². The molecule has 27 heavy (non-hydrogen) atoms. The Balaban J connectivity index is 1.77. The van der Waals surface area contributed by atoms with Crippen LogP contribution >= 0.6 is 23.2 Å². The molecule has 4 amide bonds. The molecule has 1 heterocycles. The SMILES string of the molecule is CC[C@]1(c2ccccc2)NC(=O)N(CC(=O)Nc2ccc(Cl)c(Cl)c2)C1=O. The van der Waals surface area contributed by atoms with Gasteiger partial charge in [0.1, 0.15) is 12.1 Å². The summed E-state index contributed by atoms with van der Waals surface area (Å²) >= 11 is 11.8. The van der Waals surface area contributed by atoms with Crippen molar-refractivity contribution in [3.05, 3.63) is 64.1 Å². The lowest BCUT2D eigenvalue weighted by Crippen LogP contribution is -2.44. The van der Waals surface area contributed by atoms with Gasteiger partial charge in [0.05, 0.1) is 10.0 Å². The Labute approximate surface area is 166 Å². The molecule has 0 bridgehead atoms. The number of benzene rings is 2. The number of hydrogen-bond acceptors (Lipinski definition) is 3. The Kier molecular flexibility index (Phi) is 5.39. The predicted molar refractivity (Wildman–Crippen MR) is 104 cm³/mol. The Bertz CT molecular complexity index is 904. The standard InChI is InChI=1S/C19H17Cl2N3O3/c1-2-19(12-6-4-3-5-7-12)17(26)24(18(27)23-19)11-16(25)22-13-8-9-14(20)15(21)10-13/h3-10H,2,11H2,1H3,(H,22,25)(H,23,27)/t19-/m1/s1. The van der Waals surface area contributed by atoms with E-state index in [-0.39, 0.29) is 0 Å². The molecule has 0 aromatic heterocycles. The van der Waals surface area contributed by atoms with Crippen LogP contribution in [0.3, 0.4) is 0 Å². The number of nitrogens with zero attached hydrogens (tertiary/aromatic N) is 1. The fourth-order valence-corrected chi connectivity index (χ4v) is 3.35. The van der Waals surface area contributed by atoms with Crippen molar-refractivity contribution in [3.63, 3.8) is 0 Å². The molecule has 2 aromatic carbocycles. The average Bonchev–Trinajstić information content (AvgIpc) is 2.90. The third-order valence-electron chi connectivity index (χ3n) is 4.48. The van der Waals surface area contributed by atoms with Crippen LogP contribution in [-0.2, 0) is 15.1 Å². The summed E-state index contributed by atoms with van der Waals surface area (Å²) in [6, 6.07) is 13.0. The zero-order valence-electron chi connectivity index (χ0n) is 14.5. The van der Waals surface area contributed by atoms with Gasteiger partial charge >= 0.3 is 6.03 Å². The van der Waals surface area contributed by atoms with Gasteiger partial charge in [-0.3, -0.25) is 14.5 Å². The van der Waals surface area contributed by atoms with E-state index < -0.39 is 29.9 Å². The molecule has 6 nitrogen and oxygen atoms in total. The highest BCUT2D eigenvalue weighted by atomic mass is 35.5. The first-order chi connectivity index (χ1) is 12.9. The lowest BCUT2D eigenvalue weighted by atomic mass is 9.87. The number of nitrogens with one attached hydrogen (secondary N) is 2. The smallest absolute Gasteiger partial charge is 0.324 e. The van der Waals surface area contributed by atoms with Crippen LogP contribution in [0.4, 0.5) is 10.5 Å². The van der Waals surface area contributed by atoms with Crippen LogP contribution in [0, 0.1) is 0 Å². The summed E-state index contributed by atoms with van der Waals surface area (Å²) in [6.45, 7) is 1.41. The fraction of sp³-hybridized carbons (Fsp3) is 0.211. The molecule has 0 radical (unpaired) electrons. The number of imide groups is 1. The minimum absolute atomic E-state index is 0.290. The van der Waals surface area contributed by atoms with Crippen molar-refractivity contribution in [1.82, 2.24) is 10.2 Å². The molecule has 0 saturated carbocycles. The largest absolute Gasteiger partial charge is 0.325 e. The van der Waals surface area contributed by atoms with Crippen LogP contribution in [0.15, 0.2) is 48.5 Å². The molecule has 2 N–H and O–H groups in total. The third-order valence-corrected chi connectivity index (χ3v) is 5.22. The quantitative estimate of drug-likeness (QED) is 0.742. The molecule has 2 aromatic rings. The van der Waals surface area contributed by atoms with Crippen molar-refractivity contribution in [1.29, 1.82) is 0 Å². The molecule has 1 atom stereocenters. The maximum absolute atomic E-state index is 13.0. The number of urea groups is 1. The predicted octanol–water partition coefficient (Wildman–Crippen LogP) is 3.79. The second kappa shape index (κ2) is 7.58. The number of carbonyl (C=O) groups is 3. The summed E-state index contributed by atoms with van der Waals surface area (Å²) in [6.07, 6.45) is 0.368. The summed E-state index contributed by atoms with van der Waals surface area (Å²) in [5.41, 5.74) is -0.0631. The minimum atomic E-state index is -1.16. The first-order valence-electron chi connectivity index (χ1n) is 8.32. The van der Waals surface area contributed by atoms with Crippen molar-refractivity contribution >= 4 is 46.7 Å². The maximum atomic E-state index is 13.0. The fourth-order valence-electron chi connectivity index (χ4n) is 3.05. The van der Waals surface area contributed by atoms with Crippen LogP contribution < -0.4 is 10.6 Å². The van der Waals surface area contributed by atoms with E-state index in [2.05, 4.69) is 10.6 Å². The van der Waals surface area contributed by atoms with Gasteiger partial charge < -0.3 is 10.6 Å². The van der Waals surface area contributed by atoms with Gasteiger partial charge in [0.15, 0.2) is 0 Å². The zero-order valence-corrected chi connectivity index (χ0v) is 16.0. The second-order valence-corrected chi connectivity index (χ2v) is 6.94. The van der Waals surface area contributed by atoms with Gasteiger partial charge in [-0.15, -0.1) is 0 Å². The summed E-state index contributed by atoms with van der Waals surface area (Å²) < 4.78 is 0. The number of hydrogen-bond donors (Lipinski definition) is 2. The van der Waals surface area contributed by atoms with Gasteiger partial charge in [-0.05, 0) is 30.2 Å². The molecule has 0 aliphatic carbocycles. The van der Waals surface area contributed by atoms with Gasteiger partial charge in [0, 0.05) is 5.69 Å². The highest BCUT2D eigenvalue weighted by Crippen LogP contribution is 2.32. The van der Waals surface area contributed by atoms with Gasteiger partial charge in [-0.2, -0.15) is 0 Å². The van der Waals surface area contributed by atoms with E-state index in [1.54, 1.807) is 36.4 Å². The highest BCUT2D eigenvalue weighted by Gasteiger charge is 2.51. The van der Waals surface area contributed by atoms with Gasteiger partial charge in [-0.25, -0.2) is 4.79 Å². The van der Waals surface area contributed by atoms with Crippen molar-refractivity contribution in [2.24, 2.45) is 0 Å². The second-order valence-electron chi connectivity index (χ2n) is 6.12. The van der Waals surface area contributed by atoms with Crippen LogP contribution in [0.25, 0.3) is 0 Å². The summed E-state index contributed by atoms with van der Waals surface area (Å²) in [7, 11) is 0. The molecular formula is C19H17Cl2N3O3. The molecule has 140 valence electrons. The van der Waals surface area contributed by atoms with Crippen LogP contribution in [0.2, 0.25) is 10.0 Å². The zero-order chi connectivity index (χ0) is 19.6. The third kappa shape index (κ3) is 3.63. The molecule has 1 fully saturated rings. The monoisotopic (exact) mass is 405 g/mol. The van der Waals surface area contributed by atoms with Gasteiger partial charge in [0.25, 0.3) is 5.91 Å². The summed E-state index contributed by atoms with van der Waals surface area (Å²) in [5, 5.41) is 6.00. The van der Waals surface area contributed by atoms with Crippen molar-refractivity contribution < 1.29 is 14.4 Å². The lowest BCUT2D eigenvalue weighted by Gasteiger charge is -2.25. The van der Waals surface area contributed by atoms with Crippen molar-refractivity contribution in [3.8, 4) is 0 Å². The van der Waals surface area contributed by atoms with E-state index >= 15 is 0 Å². The number of carbonyl (C=O) groups excluding carboxylic acids is 3. The van der Waals surface area contributed by atoms with E-state index in [4.69, 9.17) is 23.2 Å². The first kappa shape index (κ1) is 19.2. The summed E-state index contributed by atoms with van der Waals surface area (Å²) in [4.78, 5) is 38.6. The highest BCUT2D eigenvalue weighted by molar-refractivity contribution is 6.42. The Morgan fingerprint density at radius 1 is 1.11 bits per heavy atom. The van der Waals surface area contributed by atoms with Crippen LogP contribution in [-0.4, -0.2) is 29.3 Å². The van der Waals surface area contributed by atoms with E-state index in [0.29, 0.717) is 27.7 Å². The lowest BCUT2D eigenvalue weighted by molar-refractivity contribution is -0.134. The van der Waals surface area contributed by atoms with E-state index in [1.165, 1.54) is 6.07 Å². The van der Waals surface area contributed by atoms with Crippen molar-refractivity contribution in [2.75, 3.05) is 11.9 Å². The van der Waals surface area contributed by atoms with Gasteiger partial charge in [0.2, 0.25) is 5.91 Å². The van der Waals surface area contributed by atoms with Gasteiger partial charge in [-0.1, -0.05) is 60.5 Å². The average molecular weight is 406 g/mol. The molecule has 1 aliphatic heterocycles. The van der Waals surface area contributed by atoms with E-state index in [0.717, 1.165) is 4.90 Å². The molecule has 3 rings (SSSR count). The van der Waals surface area contributed by atoms with E-state index in [1.807, 2.05) is 13.0 Å². The number of rotatable bonds is 5. The molecule has 1 saturated heterocycles. The van der Waals surface area contributed by atoms with E-state index in [9.17, 15) is 14.4 Å². The minimum Gasteiger partial charge on any atom is -0.324 e. The van der Waals surface area contributed by atoms with Crippen molar-refractivity contribution in [2.45, 2.75) is 18.9 Å². The van der Waals surface area contributed by atoms with Crippen LogP contribution in [0.1, 0.15) is 18.9 Å². The number of anilines is 1. The van der Waals surface area contributed by atoms with Crippen LogP contribution in [0.5, 0.6) is 0 Å². The Morgan fingerprint density at radius 3 is 2.44 bits per heavy atom. The number of amides is 4. The molecule has 8 heteroatoms. The maximum Gasteiger partial charge on any atom is 0.325 e. The molecule has 0 spiro atoms. The first-order valence-corrected chi connectivity index (χ1v) is 9.07. The molecule has 0 unspecified atom stereocenters. The normalized spacial score (nSPS) is 19.1. The molecule has 1 aliphatic rings. The Hall–Kier alpha value is -2.57. The number of halogens is 2. The Morgan fingerprint density at radius 2 is 1.81 bits per heavy atom.